The van der Waals surface area contributed by atoms with Crippen LogP contribution in [-0.2, 0) is 9.53 Å². The largest absolute Gasteiger partial charge is 0.375 e. The van der Waals surface area contributed by atoms with E-state index in [4.69, 9.17) is 4.74 Å². The van der Waals surface area contributed by atoms with Crippen LogP contribution in [0, 0.1) is 5.82 Å². The maximum atomic E-state index is 12.9. The van der Waals surface area contributed by atoms with Gasteiger partial charge in [-0.3, -0.25) is 4.79 Å². The molecule has 0 radical (unpaired) electrons. The van der Waals surface area contributed by atoms with E-state index in [1.165, 1.54) is 24.3 Å². The van der Waals surface area contributed by atoms with E-state index in [2.05, 4.69) is 16.0 Å². The molecule has 2 heterocycles. The topological polar surface area (TPSA) is 82.7 Å². The fraction of sp³-hybridized carbons (Fsp3) is 0.529. The van der Waals surface area contributed by atoms with Gasteiger partial charge in [0, 0.05) is 31.4 Å². The molecule has 7 nitrogen and oxygen atoms in total. The molecule has 3 atom stereocenters. The minimum absolute atomic E-state index is 0.00967. The number of nitrogens with zero attached hydrogens (tertiary/aromatic N) is 1. The molecule has 0 saturated carbocycles. The number of rotatable bonds is 3. The second-order valence-corrected chi connectivity index (χ2v) is 6.38. The molecule has 0 bridgehead atoms. The number of hydrogen-bond acceptors (Lipinski definition) is 4. The van der Waals surface area contributed by atoms with Gasteiger partial charge in [0.2, 0.25) is 5.91 Å². The van der Waals surface area contributed by atoms with E-state index in [-0.39, 0.29) is 35.9 Å². The molecule has 2 saturated heterocycles. The summed E-state index contributed by atoms with van der Waals surface area (Å²) in [5.74, 6) is -0.346. The highest BCUT2D eigenvalue weighted by molar-refractivity contribution is 5.89. The number of carbonyl (C=O) groups is 2. The lowest BCUT2D eigenvalue weighted by Gasteiger charge is -2.32. The Kier molecular flexibility index (Phi) is 5.50. The summed E-state index contributed by atoms with van der Waals surface area (Å²) in [7, 11) is 0. The lowest BCUT2D eigenvalue weighted by atomic mass is 10.1. The standard InChI is InChI=1S/C17H23FN4O3/c1-11-15(19-7-9-25-11)16(23)22-8-6-14(10-22)21-17(24)20-13-4-2-12(18)3-5-13/h2-5,11,14-15,19H,6-10H2,1H3,(H2,20,21,24)/t11-,14?,15+/m1/s1. The highest BCUT2D eigenvalue weighted by Crippen LogP contribution is 2.15. The van der Waals surface area contributed by atoms with E-state index in [9.17, 15) is 14.0 Å². The number of urea groups is 1. The lowest BCUT2D eigenvalue weighted by molar-refractivity contribution is -0.138. The minimum atomic E-state index is -0.363. The number of carbonyl (C=O) groups excluding carboxylic acids is 2. The molecule has 2 aliphatic heterocycles. The van der Waals surface area contributed by atoms with Crippen molar-refractivity contribution in [2.45, 2.75) is 31.5 Å². The van der Waals surface area contributed by atoms with Gasteiger partial charge in [0.15, 0.2) is 0 Å². The van der Waals surface area contributed by atoms with Crippen molar-refractivity contribution in [3.05, 3.63) is 30.1 Å². The molecule has 25 heavy (non-hydrogen) atoms. The smallest absolute Gasteiger partial charge is 0.319 e. The van der Waals surface area contributed by atoms with Crippen molar-refractivity contribution in [1.82, 2.24) is 15.5 Å². The number of halogens is 1. The normalized spacial score (nSPS) is 26.3. The monoisotopic (exact) mass is 350 g/mol. The van der Waals surface area contributed by atoms with Crippen LogP contribution in [0.5, 0.6) is 0 Å². The second-order valence-electron chi connectivity index (χ2n) is 6.38. The number of benzene rings is 1. The van der Waals surface area contributed by atoms with Gasteiger partial charge in [-0.25, -0.2) is 9.18 Å². The van der Waals surface area contributed by atoms with Gasteiger partial charge >= 0.3 is 6.03 Å². The summed E-state index contributed by atoms with van der Waals surface area (Å²) in [6, 6.07) is 4.76. The van der Waals surface area contributed by atoms with Crippen LogP contribution in [0.2, 0.25) is 0 Å². The average Bonchev–Trinajstić information content (AvgIpc) is 3.05. The molecular formula is C17H23FN4O3. The minimum Gasteiger partial charge on any atom is -0.375 e. The van der Waals surface area contributed by atoms with Crippen LogP contribution in [0.25, 0.3) is 0 Å². The molecule has 0 spiro atoms. The maximum absolute atomic E-state index is 12.9. The van der Waals surface area contributed by atoms with Crippen LogP contribution in [-0.4, -0.2) is 61.3 Å². The third-order valence-corrected chi connectivity index (χ3v) is 4.52. The Balaban J connectivity index is 1.48. The van der Waals surface area contributed by atoms with Crippen LogP contribution in [0.3, 0.4) is 0 Å². The predicted octanol–water partition coefficient (Wildman–Crippen LogP) is 0.925. The van der Waals surface area contributed by atoms with Crippen molar-refractivity contribution >= 4 is 17.6 Å². The van der Waals surface area contributed by atoms with Crippen molar-refractivity contribution in [1.29, 1.82) is 0 Å². The SMILES string of the molecule is C[C@H]1OCCN[C@@H]1C(=O)N1CCC(NC(=O)Nc2ccc(F)cc2)C1. The third kappa shape index (κ3) is 4.46. The summed E-state index contributed by atoms with van der Waals surface area (Å²) in [5.41, 5.74) is 0.516. The van der Waals surface area contributed by atoms with Crippen LogP contribution in [0.15, 0.2) is 24.3 Å². The number of ether oxygens (including phenoxy) is 1. The molecule has 1 unspecified atom stereocenters. The van der Waals surface area contributed by atoms with E-state index >= 15 is 0 Å². The van der Waals surface area contributed by atoms with Crippen LogP contribution < -0.4 is 16.0 Å². The molecule has 3 amide bonds. The number of nitrogens with one attached hydrogen (secondary N) is 3. The van der Waals surface area contributed by atoms with Crippen molar-refractivity contribution < 1.29 is 18.7 Å². The van der Waals surface area contributed by atoms with Crippen molar-refractivity contribution in [3.63, 3.8) is 0 Å². The van der Waals surface area contributed by atoms with Gasteiger partial charge in [0.1, 0.15) is 11.9 Å². The Labute approximate surface area is 145 Å². The number of anilines is 1. The Morgan fingerprint density at radius 3 is 2.80 bits per heavy atom. The second kappa shape index (κ2) is 7.79. The number of morpholine rings is 1. The first kappa shape index (κ1) is 17.6. The fourth-order valence-corrected chi connectivity index (χ4v) is 3.17. The summed E-state index contributed by atoms with van der Waals surface area (Å²) >= 11 is 0. The zero-order chi connectivity index (χ0) is 17.8. The van der Waals surface area contributed by atoms with Gasteiger partial charge in [-0.1, -0.05) is 0 Å². The van der Waals surface area contributed by atoms with Gasteiger partial charge in [0.25, 0.3) is 0 Å². The zero-order valence-electron chi connectivity index (χ0n) is 14.1. The van der Waals surface area contributed by atoms with Crippen molar-refractivity contribution in [3.8, 4) is 0 Å². The lowest BCUT2D eigenvalue weighted by Crippen LogP contribution is -2.56. The Morgan fingerprint density at radius 1 is 1.32 bits per heavy atom. The molecule has 0 aliphatic carbocycles. The number of likely N-dealkylation sites (tertiary alicyclic amines) is 1. The number of amides is 3. The molecule has 3 N–H and O–H groups in total. The zero-order valence-corrected chi connectivity index (χ0v) is 14.1. The molecule has 1 aromatic rings. The molecule has 2 fully saturated rings. The quantitative estimate of drug-likeness (QED) is 0.757. The highest BCUT2D eigenvalue weighted by Gasteiger charge is 2.35. The van der Waals surface area contributed by atoms with Crippen LogP contribution in [0.1, 0.15) is 13.3 Å². The fourth-order valence-electron chi connectivity index (χ4n) is 3.17. The summed E-state index contributed by atoms with van der Waals surface area (Å²) in [6.07, 6.45) is 0.542. The van der Waals surface area contributed by atoms with E-state index in [1.807, 2.05) is 6.92 Å². The number of hydrogen-bond donors (Lipinski definition) is 3. The molecule has 1 aromatic carbocycles. The van der Waals surface area contributed by atoms with E-state index in [1.54, 1.807) is 4.90 Å². The van der Waals surface area contributed by atoms with E-state index in [0.29, 0.717) is 38.3 Å². The highest BCUT2D eigenvalue weighted by atomic mass is 19.1. The summed E-state index contributed by atoms with van der Waals surface area (Å²) < 4.78 is 18.4. The van der Waals surface area contributed by atoms with Crippen molar-refractivity contribution in [2.75, 3.05) is 31.6 Å². The van der Waals surface area contributed by atoms with Gasteiger partial charge in [-0.15, -0.1) is 0 Å². The maximum Gasteiger partial charge on any atom is 0.319 e. The molecule has 2 aliphatic rings. The molecule has 136 valence electrons. The van der Waals surface area contributed by atoms with Gasteiger partial charge in [0.05, 0.1) is 12.7 Å². The predicted molar refractivity (Wildman–Crippen MR) is 90.7 cm³/mol. The first-order chi connectivity index (χ1) is 12.0. The van der Waals surface area contributed by atoms with Crippen LogP contribution >= 0.6 is 0 Å². The van der Waals surface area contributed by atoms with Gasteiger partial charge in [-0.05, 0) is 37.6 Å². The Bertz CT molecular complexity index is 625. The first-order valence-electron chi connectivity index (χ1n) is 8.50. The molecule has 0 aromatic heterocycles. The van der Waals surface area contributed by atoms with Gasteiger partial charge < -0.3 is 25.6 Å². The Morgan fingerprint density at radius 2 is 2.08 bits per heavy atom. The van der Waals surface area contributed by atoms with E-state index in [0.717, 1.165) is 0 Å². The van der Waals surface area contributed by atoms with Crippen LogP contribution in [0.4, 0.5) is 14.9 Å². The summed E-state index contributed by atoms with van der Waals surface area (Å²) in [5, 5.41) is 8.70. The van der Waals surface area contributed by atoms with Gasteiger partial charge in [-0.2, -0.15) is 0 Å². The molecular weight excluding hydrogens is 327 g/mol. The Hall–Kier alpha value is -2.19. The molecule has 8 heteroatoms. The summed E-state index contributed by atoms with van der Waals surface area (Å²) in [6.45, 7) is 4.23. The summed E-state index contributed by atoms with van der Waals surface area (Å²) in [4.78, 5) is 26.4. The average molecular weight is 350 g/mol. The third-order valence-electron chi connectivity index (χ3n) is 4.52. The molecule has 3 rings (SSSR count). The van der Waals surface area contributed by atoms with E-state index < -0.39 is 0 Å². The van der Waals surface area contributed by atoms with Crippen molar-refractivity contribution in [2.24, 2.45) is 0 Å². The first-order valence-corrected chi connectivity index (χ1v) is 8.50.